The number of quaternary nitrogens is 1. The molecule has 0 amide bonds. The minimum Gasteiger partial charge on any atom is -0.459 e. The van der Waals surface area contributed by atoms with Crippen LogP contribution in [0.5, 0.6) is 0 Å². The Hall–Kier alpha value is -1.58. The summed E-state index contributed by atoms with van der Waals surface area (Å²) in [4.78, 5) is 26.1. The number of hydrogen-bond donors (Lipinski definition) is 1. The number of rotatable bonds is 5. The van der Waals surface area contributed by atoms with Crippen molar-refractivity contribution in [3.63, 3.8) is 0 Å². The largest absolute Gasteiger partial charge is 0.459 e. The molecule has 2 saturated carbocycles. The Balaban J connectivity index is 0.000000184. The van der Waals surface area contributed by atoms with E-state index in [9.17, 15) is 14.7 Å². The summed E-state index contributed by atoms with van der Waals surface area (Å²) in [6.07, 6.45) is 6.40. The van der Waals surface area contributed by atoms with E-state index >= 15 is 0 Å². The molecule has 6 atom stereocenters. The predicted octanol–water partition coefficient (Wildman–Crippen LogP) is 5.14. The minimum atomic E-state index is -1.72. The molecule has 6 nitrogen and oxygen atoms in total. The van der Waals surface area contributed by atoms with Gasteiger partial charge in [0.05, 0.1) is 23.8 Å². The lowest BCUT2D eigenvalue weighted by Crippen LogP contribution is -2.60. The van der Waals surface area contributed by atoms with Gasteiger partial charge in [0.15, 0.2) is 0 Å². The van der Waals surface area contributed by atoms with E-state index in [0.717, 1.165) is 36.6 Å². The first-order chi connectivity index (χ1) is 18.0. The van der Waals surface area contributed by atoms with E-state index in [1.165, 1.54) is 29.1 Å². The topological polar surface area (TPSA) is 76.1 Å². The molecule has 206 valence electrons. The van der Waals surface area contributed by atoms with E-state index in [4.69, 9.17) is 9.47 Å². The molecule has 2 aromatic heterocycles. The molecule has 4 unspecified atom stereocenters. The van der Waals surface area contributed by atoms with Gasteiger partial charge in [-0.25, -0.2) is 4.79 Å². The van der Waals surface area contributed by atoms with Gasteiger partial charge in [0.2, 0.25) is 5.60 Å². The summed E-state index contributed by atoms with van der Waals surface area (Å²) in [6, 6.07) is 8.01. The number of esters is 1. The van der Waals surface area contributed by atoms with E-state index in [1.807, 2.05) is 22.9 Å². The highest BCUT2D eigenvalue weighted by Crippen LogP contribution is 2.65. The molecular weight excluding hydrogens is 518 g/mol. The number of likely N-dealkylation sites (N-methyl/N-ethyl adjacent to an activating group) is 1. The molecule has 7 rings (SSSR count). The van der Waals surface area contributed by atoms with Gasteiger partial charge in [-0.15, -0.1) is 22.7 Å². The van der Waals surface area contributed by atoms with Crippen molar-refractivity contribution < 1.29 is 28.7 Å². The average Bonchev–Trinajstić information content (AvgIpc) is 3.27. The molecular formula is C30H40NO5S2+. The molecule has 1 N–H and O–H groups in total. The Bertz CT molecular complexity index is 1150. The quantitative estimate of drug-likeness (QED) is 0.313. The Morgan fingerprint density at radius 2 is 1.71 bits per heavy atom. The monoisotopic (exact) mass is 558 g/mol. The van der Waals surface area contributed by atoms with E-state index < -0.39 is 11.6 Å². The summed E-state index contributed by atoms with van der Waals surface area (Å²) in [5.41, 5.74) is -1.36. The van der Waals surface area contributed by atoms with Crippen LogP contribution in [-0.4, -0.2) is 65.8 Å². The maximum absolute atomic E-state index is 13.1. The SMILES string of the molecule is CC[C@@]12CC[C@@H](CC1=O)C2(C)C.C[N+]1(C)C2CC(OC(=O)C(O)(c3cccs3)c3cccs3)CC1C1OC12. The molecule has 0 spiro atoms. The second-order valence-corrected chi connectivity index (χ2v) is 14.9. The summed E-state index contributed by atoms with van der Waals surface area (Å²) >= 11 is 2.74. The Morgan fingerprint density at radius 1 is 1.13 bits per heavy atom. The van der Waals surface area contributed by atoms with E-state index in [2.05, 4.69) is 34.9 Å². The zero-order chi connectivity index (χ0) is 27.1. The van der Waals surface area contributed by atoms with Crippen molar-refractivity contribution in [3.05, 3.63) is 44.8 Å². The van der Waals surface area contributed by atoms with Crippen molar-refractivity contribution in [2.45, 2.75) is 95.3 Å². The number of carbonyl (C=O) groups excluding carboxylic acids is 2. The van der Waals surface area contributed by atoms with Crippen LogP contribution in [0.4, 0.5) is 0 Å². The minimum absolute atomic E-state index is 0.0671. The summed E-state index contributed by atoms with van der Waals surface area (Å²) in [7, 11) is 4.49. The highest BCUT2D eigenvalue weighted by atomic mass is 32.1. The number of carbonyl (C=O) groups is 2. The van der Waals surface area contributed by atoms with Crippen LogP contribution in [-0.2, 0) is 24.7 Å². The highest BCUT2D eigenvalue weighted by molar-refractivity contribution is 7.12. The first-order valence-electron chi connectivity index (χ1n) is 14.0. The zero-order valence-electron chi connectivity index (χ0n) is 23.0. The normalized spacial score (nSPS) is 37.4. The van der Waals surface area contributed by atoms with Gasteiger partial charge in [-0.1, -0.05) is 32.9 Å². The van der Waals surface area contributed by atoms with E-state index in [0.29, 0.717) is 51.2 Å². The Labute approximate surface area is 233 Å². The number of epoxide rings is 1. The smallest absolute Gasteiger partial charge is 0.349 e. The maximum Gasteiger partial charge on any atom is 0.349 e. The van der Waals surface area contributed by atoms with Gasteiger partial charge in [-0.05, 0) is 53.5 Å². The number of morpholine rings is 1. The second kappa shape index (κ2) is 8.96. The van der Waals surface area contributed by atoms with Crippen LogP contribution < -0.4 is 0 Å². The number of nitrogens with zero attached hydrogens (tertiary/aromatic N) is 1. The molecule has 2 aliphatic carbocycles. The Kier molecular flexibility index (Phi) is 6.28. The van der Waals surface area contributed by atoms with Crippen molar-refractivity contribution in [1.29, 1.82) is 0 Å². The number of fused-ring (bicyclic) bond motifs is 7. The number of ketones is 1. The van der Waals surface area contributed by atoms with Crippen molar-refractivity contribution in [3.8, 4) is 0 Å². The Morgan fingerprint density at radius 3 is 2.11 bits per heavy atom. The third kappa shape index (κ3) is 3.66. The number of Topliss-reactive ketones (excluding diaryl/α,β-unsaturated/α-hetero) is 1. The first-order valence-corrected chi connectivity index (χ1v) is 15.8. The van der Waals surface area contributed by atoms with Crippen molar-refractivity contribution >= 4 is 34.4 Å². The molecule has 3 aliphatic heterocycles. The molecule has 5 aliphatic rings. The number of thiophene rings is 2. The number of hydrogen-bond acceptors (Lipinski definition) is 7. The zero-order valence-corrected chi connectivity index (χ0v) is 24.6. The average molecular weight is 559 g/mol. The fourth-order valence-corrected chi connectivity index (χ4v) is 10.1. The van der Waals surface area contributed by atoms with Gasteiger partial charge in [-0.2, -0.15) is 0 Å². The van der Waals surface area contributed by atoms with E-state index in [-0.39, 0.29) is 11.5 Å². The molecule has 4 bridgehead atoms. The summed E-state index contributed by atoms with van der Waals surface area (Å²) in [5, 5.41) is 15.1. The lowest BCUT2D eigenvalue weighted by Gasteiger charge is -2.45. The maximum atomic E-state index is 13.1. The third-order valence-corrected chi connectivity index (χ3v) is 13.1. The van der Waals surface area contributed by atoms with Gasteiger partial charge in [0.1, 0.15) is 36.2 Å². The molecule has 38 heavy (non-hydrogen) atoms. The fourth-order valence-electron chi connectivity index (χ4n) is 8.43. The van der Waals surface area contributed by atoms with Gasteiger partial charge < -0.3 is 19.1 Å². The molecule has 2 aromatic rings. The van der Waals surface area contributed by atoms with Gasteiger partial charge >= 0.3 is 5.97 Å². The van der Waals surface area contributed by atoms with Crippen LogP contribution in [0.1, 0.15) is 69.1 Å². The number of ether oxygens (including phenoxy) is 2. The predicted molar refractivity (Wildman–Crippen MR) is 148 cm³/mol. The third-order valence-electron chi connectivity index (χ3n) is 11.1. The van der Waals surface area contributed by atoms with Crippen molar-refractivity contribution in [2.24, 2.45) is 16.7 Å². The van der Waals surface area contributed by atoms with Gasteiger partial charge in [-0.3, -0.25) is 4.79 Å². The van der Waals surface area contributed by atoms with E-state index in [1.54, 1.807) is 12.1 Å². The molecule has 3 saturated heterocycles. The molecule has 0 aromatic carbocycles. The fraction of sp³-hybridized carbons (Fsp3) is 0.667. The standard InChI is InChI=1S/C19H22NO4S2.C11H18O/c1-20(2)12-9-11(10-13(20)17-16(12)24-17)23-18(21)19(22,14-5-3-7-25-14)15-6-4-8-26-15;1-4-11-6-5-8(7-9(11)12)10(11,2)3/h3-8,11-13,16-17,22H,9-10H2,1-2H3;8H,4-7H2,1-3H3/q+1;/t;8-,11+/m.0/s1. The number of aliphatic hydroxyl groups is 1. The summed E-state index contributed by atoms with van der Waals surface area (Å²) in [6.45, 7) is 6.76. The highest BCUT2D eigenvalue weighted by Gasteiger charge is 2.71. The second-order valence-electron chi connectivity index (χ2n) is 13.0. The van der Waals surface area contributed by atoms with Crippen LogP contribution in [0.25, 0.3) is 0 Å². The summed E-state index contributed by atoms with van der Waals surface area (Å²) < 4.78 is 12.6. The number of piperidine rings is 1. The van der Waals surface area contributed by atoms with Gasteiger partial charge in [0.25, 0.3) is 0 Å². The van der Waals surface area contributed by atoms with Gasteiger partial charge in [0, 0.05) is 24.7 Å². The summed E-state index contributed by atoms with van der Waals surface area (Å²) in [5.74, 6) is 0.671. The van der Waals surface area contributed by atoms with Crippen LogP contribution >= 0.6 is 22.7 Å². The lowest BCUT2D eigenvalue weighted by atomic mass is 9.67. The molecule has 8 heteroatoms. The van der Waals surface area contributed by atoms with Crippen LogP contribution in [0.2, 0.25) is 0 Å². The lowest BCUT2D eigenvalue weighted by molar-refractivity contribution is -0.938. The van der Waals surface area contributed by atoms with Crippen LogP contribution in [0.3, 0.4) is 0 Å². The van der Waals surface area contributed by atoms with Crippen LogP contribution in [0.15, 0.2) is 35.0 Å². The molecule has 5 heterocycles. The first kappa shape index (κ1) is 26.6. The molecule has 5 fully saturated rings. The molecule has 0 radical (unpaired) electrons. The van der Waals surface area contributed by atoms with Crippen molar-refractivity contribution in [1.82, 2.24) is 0 Å². The van der Waals surface area contributed by atoms with Crippen LogP contribution in [0, 0.1) is 16.7 Å². The van der Waals surface area contributed by atoms with Crippen molar-refractivity contribution in [2.75, 3.05) is 14.1 Å².